The molecule has 1 aliphatic rings. The topological polar surface area (TPSA) is 48.7 Å². The van der Waals surface area contributed by atoms with Gasteiger partial charge in [-0.25, -0.2) is 4.79 Å². The lowest BCUT2D eigenvalue weighted by Crippen LogP contribution is -1.97. The van der Waals surface area contributed by atoms with E-state index in [1.54, 1.807) is 19.3 Å². The first-order valence-corrected chi connectivity index (χ1v) is 9.36. The van der Waals surface area contributed by atoms with Gasteiger partial charge in [0.25, 0.3) is 0 Å². The molecule has 2 heterocycles. The smallest absolute Gasteiger partial charge is 0.343 e. The van der Waals surface area contributed by atoms with E-state index in [-0.39, 0.29) is 0 Å². The molecule has 2 aromatic carbocycles. The number of hydrogen-bond donors (Lipinski definition) is 0. The van der Waals surface area contributed by atoms with Gasteiger partial charge in [-0.15, -0.1) is 0 Å². The van der Waals surface area contributed by atoms with Gasteiger partial charge in [0.1, 0.15) is 23.0 Å². The van der Waals surface area contributed by atoms with Crippen LogP contribution in [0.3, 0.4) is 0 Å². The molecule has 1 aromatic heterocycles. The van der Waals surface area contributed by atoms with Gasteiger partial charge in [0.05, 0.1) is 12.7 Å². The van der Waals surface area contributed by atoms with Gasteiger partial charge in [0, 0.05) is 14.7 Å². The summed E-state index contributed by atoms with van der Waals surface area (Å²) in [5, 5.41) is 0. The number of carbonyl (C=O) groups excluding carboxylic acids is 1. The van der Waals surface area contributed by atoms with E-state index in [1.807, 2.05) is 60.7 Å². The average Bonchev–Trinajstić information content (AvgIpc) is 3.30. The van der Waals surface area contributed by atoms with Crippen LogP contribution in [0.5, 0.6) is 5.75 Å². The molecule has 1 aliphatic heterocycles. The SMILES string of the molecule is COc1ccc(C2=C/C(=C\c3ccc(-c4ccc(I)cc4)o3)C(=O)O2)cc1. The van der Waals surface area contributed by atoms with Crippen LogP contribution < -0.4 is 4.74 Å². The second-order valence-electron chi connectivity index (χ2n) is 5.94. The van der Waals surface area contributed by atoms with Gasteiger partial charge < -0.3 is 13.9 Å². The van der Waals surface area contributed by atoms with Crippen LogP contribution in [0.15, 0.2) is 76.7 Å². The molecule has 4 rings (SSSR count). The van der Waals surface area contributed by atoms with E-state index in [4.69, 9.17) is 13.9 Å². The summed E-state index contributed by atoms with van der Waals surface area (Å²) >= 11 is 2.26. The van der Waals surface area contributed by atoms with Gasteiger partial charge in [-0.05, 0) is 83.3 Å². The number of ether oxygens (including phenoxy) is 2. The summed E-state index contributed by atoms with van der Waals surface area (Å²) in [6.45, 7) is 0. The van der Waals surface area contributed by atoms with Crippen molar-refractivity contribution in [1.82, 2.24) is 0 Å². The number of furan rings is 1. The van der Waals surface area contributed by atoms with Crippen LogP contribution in [0, 0.1) is 3.57 Å². The van der Waals surface area contributed by atoms with Crippen LogP contribution in [-0.2, 0) is 9.53 Å². The van der Waals surface area contributed by atoms with Crippen molar-refractivity contribution in [2.75, 3.05) is 7.11 Å². The van der Waals surface area contributed by atoms with Crippen LogP contribution in [0.1, 0.15) is 11.3 Å². The largest absolute Gasteiger partial charge is 0.497 e. The second kappa shape index (κ2) is 7.44. The first-order valence-electron chi connectivity index (χ1n) is 8.28. The molecule has 0 saturated heterocycles. The van der Waals surface area contributed by atoms with Crippen LogP contribution in [0.4, 0.5) is 0 Å². The van der Waals surface area contributed by atoms with E-state index in [0.717, 1.165) is 26.2 Å². The summed E-state index contributed by atoms with van der Waals surface area (Å²) in [4.78, 5) is 12.2. The third kappa shape index (κ3) is 3.83. The molecular formula is C22H15IO4. The summed E-state index contributed by atoms with van der Waals surface area (Å²) in [6.07, 6.45) is 3.41. The summed E-state index contributed by atoms with van der Waals surface area (Å²) in [5.74, 6) is 2.22. The number of carbonyl (C=O) groups is 1. The highest BCUT2D eigenvalue weighted by molar-refractivity contribution is 14.1. The zero-order valence-corrected chi connectivity index (χ0v) is 16.6. The van der Waals surface area contributed by atoms with Gasteiger partial charge in [0.15, 0.2) is 0 Å². The molecule has 0 unspecified atom stereocenters. The van der Waals surface area contributed by atoms with E-state index in [9.17, 15) is 4.79 Å². The fourth-order valence-corrected chi connectivity index (χ4v) is 3.10. The van der Waals surface area contributed by atoms with Crippen LogP contribution >= 0.6 is 22.6 Å². The summed E-state index contributed by atoms with van der Waals surface area (Å²) in [7, 11) is 1.61. The van der Waals surface area contributed by atoms with Crippen LogP contribution in [0.2, 0.25) is 0 Å². The lowest BCUT2D eigenvalue weighted by atomic mass is 10.1. The number of esters is 1. The fourth-order valence-electron chi connectivity index (χ4n) is 2.74. The first kappa shape index (κ1) is 17.6. The molecule has 134 valence electrons. The van der Waals surface area contributed by atoms with Gasteiger partial charge in [-0.3, -0.25) is 0 Å². The monoisotopic (exact) mass is 470 g/mol. The van der Waals surface area contributed by atoms with Crippen molar-refractivity contribution in [2.45, 2.75) is 0 Å². The number of hydrogen-bond acceptors (Lipinski definition) is 4. The molecule has 0 amide bonds. The highest BCUT2D eigenvalue weighted by Crippen LogP contribution is 2.30. The second-order valence-corrected chi connectivity index (χ2v) is 7.18. The van der Waals surface area contributed by atoms with Crippen molar-refractivity contribution >= 4 is 40.4 Å². The van der Waals surface area contributed by atoms with Gasteiger partial charge in [0.2, 0.25) is 0 Å². The molecule has 0 radical (unpaired) electrons. The Hall–Kier alpha value is -2.80. The number of cyclic esters (lactones) is 1. The van der Waals surface area contributed by atoms with Crippen molar-refractivity contribution in [2.24, 2.45) is 0 Å². The van der Waals surface area contributed by atoms with E-state index >= 15 is 0 Å². The first-order chi connectivity index (χ1) is 13.1. The third-order valence-corrected chi connectivity index (χ3v) is 4.87. The standard InChI is InChI=1S/C22H15IO4/c1-25-18-8-4-15(5-9-18)21-13-16(22(24)27-21)12-19-10-11-20(26-19)14-2-6-17(23)7-3-14/h2-13H,1H3/b16-12+. The van der Waals surface area contributed by atoms with Crippen molar-refractivity contribution in [3.8, 4) is 17.1 Å². The van der Waals surface area contributed by atoms with Crippen molar-refractivity contribution in [3.63, 3.8) is 0 Å². The van der Waals surface area contributed by atoms with E-state index in [1.165, 1.54) is 0 Å². The Morgan fingerprint density at radius 1 is 0.926 bits per heavy atom. The molecular weight excluding hydrogens is 455 g/mol. The Morgan fingerprint density at radius 3 is 2.33 bits per heavy atom. The van der Waals surface area contributed by atoms with Crippen molar-refractivity contribution in [1.29, 1.82) is 0 Å². The maximum absolute atomic E-state index is 12.2. The Labute approximate surface area is 170 Å². The fraction of sp³-hybridized carbons (Fsp3) is 0.0455. The van der Waals surface area contributed by atoms with Crippen molar-refractivity contribution in [3.05, 3.63) is 87.2 Å². The van der Waals surface area contributed by atoms with Gasteiger partial charge >= 0.3 is 5.97 Å². The Morgan fingerprint density at radius 2 is 1.63 bits per heavy atom. The average molecular weight is 470 g/mol. The summed E-state index contributed by atoms with van der Waals surface area (Å²) in [6, 6.07) is 19.1. The molecule has 0 aliphatic carbocycles. The number of rotatable bonds is 4. The molecule has 5 heteroatoms. The number of benzene rings is 2. The van der Waals surface area contributed by atoms with Crippen LogP contribution in [0.25, 0.3) is 23.2 Å². The van der Waals surface area contributed by atoms with E-state index < -0.39 is 5.97 Å². The molecule has 3 aromatic rings. The molecule has 0 N–H and O–H groups in total. The maximum Gasteiger partial charge on any atom is 0.343 e. The predicted molar refractivity (Wildman–Crippen MR) is 112 cm³/mol. The highest BCUT2D eigenvalue weighted by Gasteiger charge is 2.22. The minimum Gasteiger partial charge on any atom is -0.497 e. The third-order valence-electron chi connectivity index (χ3n) is 4.15. The van der Waals surface area contributed by atoms with E-state index in [0.29, 0.717) is 17.1 Å². The normalized spacial score (nSPS) is 15.0. The van der Waals surface area contributed by atoms with Crippen LogP contribution in [-0.4, -0.2) is 13.1 Å². The maximum atomic E-state index is 12.2. The summed E-state index contributed by atoms with van der Waals surface area (Å²) < 4.78 is 17.5. The molecule has 27 heavy (non-hydrogen) atoms. The van der Waals surface area contributed by atoms with E-state index in [2.05, 4.69) is 22.6 Å². The molecule has 4 nitrogen and oxygen atoms in total. The lowest BCUT2D eigenvalue weighted by molar-refractivity contribution is -0.130. The lowest BCUT2D eigenvalue weighted by Gasteiger charge is -2.03. The highest BCUT2D eigenvalue weighted by atomic mass is 127. The molecule has 0 bridgehead atoms. The zero-order valence-electron chi connectivity index (χ0n) is 14.4. The quantitative estimate of drug-likeness (QED) is 0.286. The molecule has 0 fully saturated rings. The molecule has 0 saturated carbocycles. The zero-order chi connectivity index (χ0) is 18.8. The predicted octanol–water partition coefficient (Wildman–Crippen LogP) is 5.54. The minimum atomic E-state index is -0.395. The molecule has 0 atom stereocenters. The Bertz CT molecular complexity index is 1040. The number of methoxy groups -OCH3 is 1. The van der Waals surface area contributed by atoms with Gasteiger partial charge in [-0.1, -0.05) is 12.1 Å². The summed E-state index contributed by atoms with van der Waals surface area (Å²) in [5.41, 5.74) is 2.25. The minimum absolute atomic E-state index is 0.395. The molecule has 0 spiro atoms. The number of halogens is 1. The van der Waals surface area contributed by atoms with Gasteiger partial charge in [-0.2, -0.15) is 0 Å². The van der Waals surface area contributed by atoms with Crippen molar-refractivity contribution < 1.29 is 18.7 Å². The Balaban J connectivity index is 1.59. The Kier molecular flexibility index (Phi) is 4.85.